The minimum atomic E-state index is -3.66. The molecule has 8 nitrogen and oxygen atoms in total. The summed E-state index contributed by atoms with van der Waals surface area (Å²) in [5, 5.41) is 0. The third-order valence-electron chi connectivity index (χ3n) is 3.78. The minimum absolute atomic E-state index is 0.0207. The molecule has 3 rings (SSSR count). The molecule has 11 heteroatoms. The molecule has 0 amide bonds. The molecule has 0 bridgehead atoms. The van der Waals surface area contributed by atoms with Crippen molar-refractivity contribution in [1.82, 2.24) is 14.5 Å². The van der Waals surface area contributed by atoms with Crippen LogP contribution in [0.25, 0.3) is 11.3 Å². The van der Waals surface area contributed by atoms with Crippen LogP contribution in [0.5, 0.6) is 11.5 Å². The maximum absolute atomic E-state index is 14.0. The fraction of sp³-hybridized carbons (Fsp3) is 0.167. The summed E-state index contributed by atoms with van der Waals surface area (Å²) in [6.45, 7) is 1.60. The highest BCUT2D eigenvalue weighted by atomic mass is 32.2. The molecule has 29 heavy (non-hydrogen) atoms. The first-order chi connectivity index (χ1) is 13.5. The van der Waals surface area contributed by atoms with Gasteiger partial charge in [0.25, 0.3) is 5.56 Å². The van der Waals surface area contributed by atoms with Gasteiger partial charge in [-0.25, -0.2) is 27.2 Å². The monoisotopic (exact) mass is 422 g/mol. The Morgan fingerprint density at radius 1 is 1.17 bits per heavy atom. The Labute approximate surface area is 164 Å². The van der Waals surface area contributed by atoms with E-state index in [9.17, 15) is 22.0 Å². The van der Waals surface area contributed by atoms with E-state index in [4.69, 9.17) is 4.74 Å². The van der Waals surface area contributed by atoms with Gasteiger partial charge in [0.15, 0.2) is 17.3 Å². The first-order valence-corrected chi connectivity index (χ1v) is 10.1. The number of halogens is 2. The SMILES string of the molecule is Cc1cc(-c2nc(NS(C)(=O)=O)ncc2Oc2ccc(F)cc2F)cn(C)c1=O. The van der Waals surface area contributed by atoms with E-state index in [1.807, 2.05) is 0 Å². The number of aryl methyl sites for hydroxylation is 2. The van der Waals surface area contributed by atoms with Gasteiger partial charge >= 0.3 is 0 Å². The van der Waals surface area contributed by atoms with Crippen LogP contribution in [0.2, 0.25) is 0 Å². The first kappa shape index (κ1) is 20.4. The standard InChI is InChI=1S/C18H16F2N4O4S/c1-10-6-11(9-24(2)17(10)25)16-15(8-21-18(22-16)23-29(3,26)27)28-14-5-4-12(19)7-13(14)20/h4-9H,1-3H3,(H,21,22,23). The molecule has 0 aliphatic heterocycles. The van der Waals surface area contributed by atoms with Crippen molar-refractivity contribution in [1.29, 1.82) is 0 Å². The van der Waals surface area contributed by atoms with Gasteiger partial charge in [0.1, 0.15) is 11.5 Å². The van der Waals surface area contributed by atoms with Gasteiger partial charge in [-0.1, -0.05) is 0 Å². The second kappa shape index (κ2) is 7.59. The molecular formula is C18H16F2N4O4S. The Morgan fingerprint density at radius 3 is 2.52 bits per heavy atom. The van der Waals surface area contributed by atoms with E-state index in [1.54, 1.807) is 6.92 Å². The van der Waals surface area contributed by atoms with Crippen molar-refractivity contribution in [2.75, 3.05) is 11.0 Å². The fourth-order valence-corrected chi connectivity index (χ4v) is 2.98. The summed E-state index contributed by atoms with van der Waals surface area (Å²) in [5.74, 6) is -2.24. The number of anilines is 1. The zero-order valence-electron chi connectivity index (χ0n) is 15.6. The lowest BCUT2D eigenvalue weighted by Gasteiger charge is -2.13. The maximum atomic E-state index is 14.0. The number of rotatable bonds is 5. The van der Waals surface area contributed by atoms with Crippen LogP contribution in [-0.2, 0) is 17.1 Å². The number of nitrogens with zero attached hydrogens (tertiary/aromatic N) is 3. The molecule has 1 N–H and O–H groups in total. The maximum Gasteiger partial charge on any atom is 0.253 e. The van der Waals surface area contributed by atoms with Crippen LogP contribution in [0.3, 0.4) is 0 Å². The van der Waals surface area contributed by atoms with Crippen LogP contribution in [0.15, 0.2) is 41.5 Å². The topological polar surface area (TPSA) is 103 Å². The first-order valence-electron chi connectivity index (χ1n) is 8.19. The third kappa shape index (κ3) is 4.74. The molecule has 3 aromatic rings. The van der Waals surface area contributed by atoms with Gasteiger partial charge < -0.3 is 9.30 Å². The Hall–Kier alpha value is -3.34. The van der Waals surface area contributed by atoms with E-state index in [1.165, 1.54) is 23.9 Å². The number of ether oxygens (including phenoxy) is 1. The van der Waals surface area contributed by atoms with Crippen molar-refractivity contribution in [3.8, 4) is 22.8 Å². The van der Waals surface area contributed by atoms with E-state index in [-0.39, 0.29) is 28.7 Å². The second-order valence-corrected chi connectivity index (χ2v) is 8.03. The quantitative estimate of drug-likeness (QED) is 0.678. The van der Waals surface area contributed by atoms with E-state index >= 15 is 0 Å². The van der Waals surface area contributed by atoms with Gasteiger partial charge in [0.2, 0.25) is 16.0 Å². The lowest BCUT2D eigenvalue weighted by atomic mass is 10.1. The highest BCUT2D eigenvalue weighted by Gasteiger charge is 2.17. The molecule has 0 aliphatic carbocycles. The number of nitrogens with one attached hydrogen (secondary N) is 1. The lowest BCUT2D eigenvalue weighted by Crippen LogP contribution is -2.18. The molecule has 0 aliphatic rings. The molecule has 152 valence electrons. The van der Waals surface area contributed by atoms with Gasteiger partial charge in [-0.3, -0.25) is 9.52 Å². The summed E-state index contributed by atoms with van der Waals surface area (Å²) in [4.78, 5) is 20.0. The number of hydrogen-bond donors (Lipinski definition) is 1. The summed E-state index contributed by atoms with van der Waals surface area (Å²) in [6.07, 6.45) is 3.56. The number of hydrogen-bond acceptors (Lipinski definition) is 6. The van der Waals surface area contributed by atoms with Gasteiger partial charge in [-0.2, -0.15) is 0 Å². The zero-order valence-corrected chi connectivity index (χ0v) is 16.4. The molecule has 0 saturated heterocycles. The van der Waals surface area contributed by atoms with Crippen LogP contribution >= 0.6 is 0 Å². The van der Waals surface area contributed by atoms with Crippen molar-refractivity contribution in [3.63, 3.8) is 0 Å². The summed E-state index contributed by atoms with van der Waals surface area (Å²) in [7, 11) is -2.12. The van der Waals surface area contributed by atoms with Gasteiger partial charge in [0.05, 0.1) is 12.5 Å². The minimum Gasteiger partial charge on any atom is -0.450 e. The van der Waals surface area contributed by atoms with E-state index in [2.05, 4.69) is 14.7 Å². The third-order valence-corrected chi connectivity index (χ3v) is 4.33. The molecule has 1 aromatic carbocycles. The highest BCUT2D eigenvalue weighted by Crippen LogP contribution is 2.33. The number of pyridine rings is 1. The molecule has 0 atom stereocenters. The van der Waals surface area contributed by atoms with Crippen molar-refractivity contribution in [2.45, 2.75) is 6.92 Å². The van der Waals surface area contributed by atoms with Gasteiger partial charge in [0, 0.05) is 30.4 Å². The largest absolute Gasteiger partial charge is 0.450 e. The molecule has 0 unspecified atom stereocenters. The Bertz CT molecular complexity index is 1230. The number of benzene rings is 1. The van der Waals surface area contributed by atoms with Gasteiger partial charge in [-0.05, 0) is 25.1 Å². The predicted molar refractivity (Wildman–Crippen MR) is 102 cm³/mol. The normalized spacial score (nSPS) is 11.3. The van der Waals surface area contributed by atoms with E-state index in [0.717, 1.165) is 24.6 Å². The van der Waals surface area contributed by atoms with Crippen molar-refractivity contribution >= 4 is 16.0 Å². The molecule has 0 radical (unpaired) electrons. The Kier molecular flexibility index (Phi) is 5.33. The molecule has 0 saturated carbocycles. The Balaban J connectivity index is 2.16. The average Bonchev–Trinajstić information content (AvgIpc) is 2.61. The van der Waals surface area contributed by atoms with Crippen molar-refractivity contribution in [2.24, 2.45) is 7.05 Å². The smallest absolute Gasteiger partial charge is 0.253 e. The molecule has 2 aromatic heterocycles. The number of aromatic nitrogens is 3. The molecule has 0 fully saturated rings. The van der Waals surface area contributed by atoms with Crippen molar-refractivity contribution in [3.05, 3.63) is 64.2 Å². The van der Waals surface area contributed by atoms with Crippen LogP contribution in [0, 0.1) is 18.6 Å². The lowest BCUT2D eigenvalue weighted by molar-refractivity contribution is 0.436. The summed E-state index contributed by atoms with van der Waals surface area (Å²) in [5.41, 5.74) is 0.680. The van der Waals surface area contributed by atoms with Crippen LogP contribution in [0.4, 0.5) is 14.7 Å². The Morgan fingerprint density at radius 2 is 1.90 bits per heavy atom. The fourth-order valence-electron chi connectivity index (χ4n) is 2.55. The van der Waals surface area contributed by atoms with Crippen LogP contribution < -0.4 is 15.0 Å². The second-order valence-electron chi connectivity index (χ2n) is 6.29. The summed E-state index contributed by atoms with van der Waals surface area (Å²) in [6, 6.07) is 4.31. The van der Waals surface area contributed by atoms with Crippen LogP contribution in [-0.4, -0.2) is 29.2 Å². The highest BCUT2D eigenvalue weighted by molar-refractivity contribution is 7.91. The summed E-state index contributed by atoms with van der Waals surface area (Å²) >= 11 is 0. The zero-order chi connectivity index (χ0) is 21.3. The molecular weight excluding hydrogens is 406 g/mol. The average molecular weight is 422 g/mol. The molecule has 2 heterocycles. The predicted octanol–water partition coefficient (Wildman–Crippen LogP) is 2.59. The molecule has 0 spiro atoms. The van der Waals surface area contributed by atoms with Crippen LogP contribution in [0.1, 0.15) is 5.56 Å². The van der Waals surface area contributed by atoms with E-state index in [0.29, 0.717) is 17.2 Å². The summed E-state index contributed by atoms with van der Waals surface area (Å²) < 4.78 is 59.1. The van der Waals surface area contributed by atoms with Gasteiger partial charge in [-0.15, -0.1) is 0 Å². The van der Waals surface area contributed by atoms with E-state index < -0.39 is 21.7 Å². The number of sulfonamides is 1. The van der Waals surface area contributed by atoms with Crippen molar-refractivity contribution < 1.29 is 21.9 Å².